The molecule has 0 saturated heterocycles. The van der Waals surface area contributed by atoms with Crippen molar-refractivity contribution >= 4 is 18.2 Å². The van der Waals surface area contributed by atoms with E-state index in [1.54, 1.807) is 46.3 Å². The fourth-order valence-electron chi connectivity index (χ4n) is 6.31. The number of ether oxygens (including phenoxy) is 1. The van der Waals surface area contributed by atoms with Gasteiger partial charge in [-0.3, -0.25) is 4.79 Å². The van der Waals surface area contributed by atoms with Crippen LogP contribution < -0.4 is 10.6 Å². The van der Waals surface area contributed by atoms with E-state index in [9.17, 15) is 14.7 Å². The number of alkyl carbamates (subject to hydrolysis) is 1. The van der Waals surface area contributed by atoms with Crippen LogP contribution in [0.1, 0.15) is 56.3 Å². The van der Waals surface area contributed by atoms with Crippen molar-refractivity contribution in [1.82, 2.24) is 30.2 Å². The second kappa shape index (κ2) is 8.26. The van der Waals surface area contributed by atoms with Gasteiger partial charge in [0.25, 0.3) is 5.91 Å². The minimum Gasteiger partial charge on any atom is -0.453 e. The van der Waals surface area contributed by atoms with Crippen LogP contribution in [0.25, 0.3) is 12.0 Å². The second-order valence-electron chi connectivity index (χ2n) is 10.6. The van der Waals surface area contributed by atoms with Crippen molar-refractivity contribution in [3.63, 3.8) is 0 Å². The number of methoxy groups -OCH3 is 1. The highest BCUT2D eigenvalue weighted by atomic mass is 16.5. The molecular formula is C24H32N6O4. The van der Waals surface area contributed by atoms with Crippen molar-refractivity contribution in [3.8, 4) is 5.82 Å². The van der Waals surface area contributed by atoms with Gasteiger partial charge < -0.3 is 20.5 Å². The number of carbonyl (C=O) groups is 2. The van der Waals surface area contributed by atoms with E-state index in [0.717, 1.165) is 32.1 Å². The lowest BCUT2D eigenvalue weighted by Crippen LogP contribution is -2.61. The van der Waals surface area contributed by atoms with Gasteiger partial charge >= 0.3 is 6.09 Å². The molecule has 2 amide bonds. The zero-order chi connectivity index (χ0) is 24.1. The Balaban J connectivity index is 1.39. The van der Waals surface area contributed by atoms with E-state index in [-0.39, 0.29) is 11.9 Å². The Kier molecular flexibility index (Phi) is 5.50. The Morgan fingerprint density at radius 2 is 1.97 bits per heavy atom. The van der Waals surface area contributed by atoms with E-state index in [0.29, 0.717) is 29.1 Å². The summed E-state index contributed by atoms with van der Waals surface area (Å²) in [5.74, 6) is 1.52. The number of aromatic nitrogens is 4. The number of hydrogen-bond donors (Lipinski definition) is 3. The Hall–Kier alpha value is -3.14. The van der Waals surface area contributed by atoms with Crippen molar-refractivity contribution in [2.24, 2.45) is 17.8 Å². The SMILES string of the molecule is COC(=O)NC(C)(C)/C=C/n1ncc(C(=O)N[C@H]2C3CC4CC2C[C@](O)(C4)C3)c1-n1cccn1. The Morgan fingerprint density at radius 1 is 1.24 bits per heavy atom. The molecule has 182 valence electrons. The molecule has 3 N–H and O–H groups in total. The third kappa shape index (κ3) is 4.22. The van der Waals surface area contributed by atoms with Crippen LogP contribution in [0.2, 0.25) is 0 Å². The number of rotatable bonds is 6. The van der Waals surface area contributed by atoms with Crippen LogP contribution in [0, 0.1) is 17.8 Å². The molecule has 10 nitrogen and oxygen atoms in total. The van der Waals surface area contributed by atoms with Gasteiger partial charge in [-0.2, -0.15) is 10.2 Å². The summed E-state index contributed by atoms with van der Waals surface area (Å²) in [5, 5.41) is 25.6. The first-order chi connectivity index (χ1) is 16.2. The number of carbonyl (C=O) groups excluding carboxylic acids is 2. The highest BCUT2D eigenvalue weighted by molar-refractivity contribution is 5.97. The van der Waals surface area contributed by atoms with Crippen molar-refractivity contribution < 1.29 is 19.4 Å². The first-order valence-electron chi connectivity index (χ1n) is 11.8. The van der Waals surface area contributed by atoms with Gasteiger partial charge in [0.1, 0.15) is 5.56 Å². The van der Waals surface area contributed by atoms with Gasteiger partial charge in [0, 0.05) is 24.6 Å². The van der Waals surface area contributed by atoms with Crippen LogP contribution in [0.5, 0.6) is 0 Å². The van der Waals surface area contributed by atoms with E-state index >= 15 is 0 Å². The zero-order valence-corrected chi connectivity index (χ0v) is 19.8. The van der Waals surface area contributed by atoms with Gasteiger partial charge in [-0.1, -0.05) is 0 Å². The minimum absolute atomic E-state index is 0.0666. The molecule has 10 heteroatoms. The molecule has 0 aromatic carbocycles. The lowest BCUT2D eigenvalue weighted by molar-refractivity contribution is -0.136. The fourth-order valence-corrected chi connectivity index (χ4v) is 6.31. The molecule has 2 aromatic rings. The molecule has 0 aliphatic heterocycles. The van der Waals surface area contributed by atoms with Crippen LogP contribution in [-0.2, 0) is 4.74 Å². The van der Waals surface area contributed by atoms with E-state index in [2.05, 4.69) is 25.6 Å². The summed E-state index contributed by atoms with van der Waals surface area (Å²) in [7, 11) is 1.31. The van der Waals surface area contributed by atoms with Crippen molar-refractivity contribution in [3.05, 3.63) is 36.3 Å². The quantitative estimate of drug-likeness (QED) is 0.598. The number of amides is 2. The van der Waals surface area contributed by atoms with Gasteiger partial charge in [-0.15, -0.1) is 0 Å². The largest absolute Gasteiger partial charge is 0.453 e. The first kappa shape index (κ1) is 22.6. The summed E-state index contributed by atoms with van der Waals surface area (Å²) in [6.45, 7) is 3.65. The maximum absolute atomic E-state index is 13.5. The van der Waals surface area contributed by atoms with Gasteiger partial charge in [-0.05, 0) is 75.8 Å². The zero-order valence-electron chi connectivity index (χ0n) is 19.8. The lowest BCUT2D eigenvalue weighted by Gasteiger charge is -2.58. The number of hydrogen-bond acceptors (Lipinski definition) is 6. The summed E-state index contributed by atoms with van der Waals surface area (Å²) in [5.41, 5.74) is -0.832. The van der Waals surface area contributed by atoms with Crippen LogP contribution in [0.3, 0.4) is 0 Å². The van der Waals surface area contributed by atoms with Crippen molar-refractivity contribution in [1.29, 1.82) is 0 Å². The Bertz CT molecular complexity index is 1090. The van der Waals surface area contributed by atoms with E-state index in [4.69, 9.17) is 0 Å². The highest BCUT2D eigenvalue weighted by Gasteiger charge is 2.55. The number of nitrogens with one attached hydrogen (secondary N) is 2. The van der Waals surface area contributed by atoms with Crippen molar-refractivity contribution in [2.45, 2.75) is 63.1 Å². The van der Waals surface area contributed by atoms with Crippen LogP contribution in [0.15, 0.2) is 30.7 Å². The second-order valence-corrected chi connectivity index (χ2v) is 10.6. The van der Waals surface area contributed by atoms with Gasteiger partial charge in [-0.25, -0.2) is 14.2 Å². The maximum atomic E-state index is 13.5. The smallest absolute Gasteiger partial charge is 0.407 e. The monoisotopic (exact) mass is 468 g/mol. The van der Waals surface area contributed by atoms with Crippen LogP contribution in [-0.4, -0.2) is 61.0 Å². The third-order valence-corrected chi connectivity index (χ3v) is 7.52. The molecule has 4 saturated carbocycles. The molecule has 4 bridgehead atoms. The number of nitrogens with zero attached hydrogens (tertiary/aromatic N) is 4. The molecule has 4 aliphatic rings. The van der Waals surface area contributed by atoms with E-state index in [1.807, 2.05) is 13.8 Å². The molecule has 34 heavy (non-hydrogen) atoms. The summed E-state index contributed by atoms with van der Waals surface area (Å²) in [6.07, 6.45) is 12.4. The van der Waals surface area contributed by atoms with Crippen LogP contribution in [0.4, 0.5) is 4.79 Å². The predicted octanol–water partition coefficient (Wildman–Crippen LogP) is 2.34. The highest BCUT2D eigenvalue weighted by Crippen LogP contribution is 2.55. The molecule has 2 aromatic heterocycles. The molecule has 2 atom stereocenters. The average Bonchev–Trinajstić information content (AvgIpc) is 3.42. The molecule has 4 fully saturated rings. The van der Waals surface area contributed by atoms with E-state index < -0.39 is 17.2 Å². The normalized spacial score (nSPS) is 30.0. The standard InChI is InChI=1S/C24H32N6O4/c1-23(2,28-22(32)34-3)5-8-30-21(29-7-4-6-25-29)18(14-26-30)20(31)27-19-16-9-15-10-17(19)13-24(33,11-15)12-16/h4-8,14-17,19,33H,9-13H2,1-3H3,(H,27,31)(H,28,32)/b8-5+/t15?,16?,17?,19-,24-. The molecular weight excluding hydrogens is 436 g/mol. The molecule has 0 radical (unpaired) electrons. The van der Waals surface area contributed by atoms with Gasteiger partial charge in [0.05, 0.1) is 24.4 Å². The van der Waals surface area contributed by atoms with Gasteiger partial charge in [0.15, 0.2) is 5.82 Å². The van der Waals surface area contributed by atoms with Crippen molar-refractivity contribution in [2.75, 3.05) is 7.11 Å². The van der Waals surface area contributed by atoms with E-state index in [1.165, 1.54) is 7.11 Å². The molecule has 2 unspecified atom stereocenters. The maximum Gasteiger partial charge on any atom is 0.407 e. The molecule has 2 heterocycles. The third-order valence-electron chi connectivity index (χ3n) is 7.52. The first-order valence-corrected chi connectivity index (χ1v) is 11.8. The predicted molar refractivity (Wildman–Crippen MR) is 124 cm³/mol. The summed E-state index contributed by atoms with van der Waals surface area (Å²) in [6, 6.07) is 1.85. The fraction of sp³-hybridized carbons (Fsp3) is 0.583. The summed E-state index contributed by atoms with van der Waals surface area (Å²) in [4.78, 5) is 25.1. The minimum atomic E-state index is -0.705. The van der Waals surface area contributed by atoms with Gasteiger partial charge in [0.2, 0.25) is 0 Å². The Morgan fingerprint density at radius 3 is 2.59 bits per heavy atom. The van der Waals surface area contributed by atoms with Crippen LogP contribution >= 0.6 is 0 Å². The summed E-state index contributed by atoms with van der Waals surface area (Å²) < 4.78 is 7.86. The average molecular weight is 469 g/mol. The molecule has 6 rings (SSSR count). The number of aliphatic hydroxyl groups is 1. The Labute approximate surface area is 198 Å². The topological polar surface area (TPSA) is 123 Å². The summed E-state index contributed by atoms with van der Waals surface area (Å²) >= 11 is 0. The molecule has 4 aliphatic carbocycles. The molecule has 0 spiro atoms. The lowest BCUT2D eigenvalue weighted by atomic mass is 9.52.